The standard InChI is InChI=1S/C15H17FN2O2/c1-3-11(2)18-7-6-14(17-18)10-20-15-5-4-13(16)8-12(15)9-19/h4-9,11H,3,10H2,1-2H3. The third kappa shape index (κ3) is 3.23. The van der Waals surface area contributed by atoms with Crippen molar-refractivity contribution in [3.05, 3.63) is 47.5 Å². The van der Waals surface area contributed by atoms with Gasteiger partial charge in [0.25, 0.3) is 0 Å². The molecule has 0 saturated carbocycles. The fraction of sp³-hybridized carbons (Fsp3) is 0.333. The van der Waals surface area contributed by atoms with E-state index < -0.39 is 5.82 Å². The number of ether oxygens (including phenoxy) is 1. The Morgan fingerprint density at radius 2 is 2.25 bits per heavy atom. The van der Waals surface area contributed by atoms with E-state index in [4.69, 9.17) is 4.74 Å². The van der Waals surface area contributed by atoms with Crippen molar-refractivity contribution in [2.75, 3.05) is 0 Å². The van der Waals surface area contributed by atoms with Gasteiger partial charge in [-0.1, -0.05) is 6.92 Å². The molecular weight excluding hydrogens is 259 g/mol. The highest BCUT2D eigenvalue weighted by Gasteiger charge is 2.08. The van der Waals surface area contributed by atoms with Crippen LogP contribution in [-0.2, 0) is 6.61 Å². The lowest BCUT2D eigenvalue weighted by Crippen LogP contribution is -2.06. The molecule has 0 fully saturated rings. The van der Waals surface area contributed by atoms with E-state index in [1.807, 2.05) is 16.9 Å². The van der Waals surface area contributed by atoms with Gasteiger partial charge in [-0.2, -0.15) is 5.10 Å². The number of hydrogen-bond donors (Lipinski definition) is 0. The molecule has 0 spiro atoms. The van der Waals surface area contributed by atoms with Crippen LogP contribution in [0.15, 0.2) is 30.5 Å². The van der Waals surface area contributed by atoms with E-state index in [0.717, 1.165) is 18.2 Å². The first kappa shape index (κ1) is 14.2. The Balaban J connectivity index is 2.05. The average Bonchev–Trinajstić information content (AvgIpc) is 2.93. The molecule has 1 unspecified atom stereocenters. The van der Waals surface area contributed by atoms with Crippen LogP contribution in [0.4, 0.5) is 4.39 Å². The lowest BCUT2D eigenvalue weighted by Gasteiger charge is -2.09. The Bertz CT molecular complexity index is 595. The molecule has 20 heavy (non-hydrogen) atoms. The zero-order valence-electron chi connectivity index (χ0n) is 11.5. The summed E-state index contributed by atoms with van der Waals surface area (Å²) in [6, 6.07) is 6.07. The number of benzene rings is 1. The number of carbonyl (C=O) groups is 1. The maximum absolute atomic E-state index is 13.0. The highest BCUT2D eigenvalue weighted by atomic mass is 19.1. The van der Waals surface area contributed by atoms with Gasteiger partial charge in [0, 0.05) is 12.2 Å². The Morgan fingerprint density at radius 3 is 2.95 bits per heavy atom. The maximum atomic E-state index is 13.0. The van der Waals surface area contributed by atoms with E-state index in [1.165, 1.54) is 12.1 Å². The molecule has 0 saturated heterocycles. The number of aldehydes is 1. The predicted molar refractivity (Wildman–Crippen MR) is 73.3 cm³/mol. The molecule has 0 amide bonds. The molecule has 1 heterocycles. The zero-order chi connectivity index (χ0) is 14.5. The Labute approximate surface area is 117 Å². The summed E-state index contributed by atoms with van der Waals surface area (Å²) in [5.41, 5.74) is 0.970. The molecule has 4 nitrogen and oxygen atoms in total. The van der Waals surface area contributed by atoms with Crippen molar-refractivity contribution in [3.8, 4) is 5.75 Å². The van der Waals surface area contributed by atoms with Gasteiger partial charge in [-0.25, -0.2) is 4.39 Å². The topological polar surface area (TPSA) is 44.1 Å². The number of hydrogen-bond acceptors (Lipinski definition) is 3. The van der Waals surface area contributed by atoms with E-state index in [2.05, 4.69) is 18.9 Å². The van der Waals surface area contributed by atoms with Crippen LogP contribution < -0.4 is 4.74 Å². The molecule has 1 aromatic heterocycles. The van der Waals surface area contributed by atoms with Gasteiger partial charge in [0.2, 0.25) is 0 Å². The SMILES string of the molecule is CCC(C)n1ccc(COc2ccc(F)cc2C=O)n1. The van der Waals surface area contributed by atoms with Gasteiger partial charge in [0.05, 0.1) is 11.3 Å². The molecule has 0 aliphatic carbocycles. The van der Waals surface area contributed by atoms with Gasteiger partial charge >= 0.3 is 0 Å². The summed E-state index contributed by atoms with van der Waals surface area (Å²) in [6.45, 7) is 4.43. The second-order valence-electron chi connectivity index (χ2n) is 4.63. The fourth-order valence-corrected chi connectivity index (χ4v) is 1.78. The molecule has 0 bridgehead atoms. The molecule has 106 valence electrons. The van der Waals surface area contributed by atoms with Crippen LogP contribution in [0.25, 0.3) is 0 Å². The summed E-state index contributed by atoms with van der Waals surface area (Å²) in [5.74, 6) is -0.0972. The summed E-state index contributed by atoms with van der Waals surface area (Å²) >= 11 is 0. The fourth-order valence-electron chi connectivity index (χ4n) is 1.78. The first-order chi connectivity index (χ1) is 9.63. The largest absolute Gasteiger partial charge is 0.486 e. The van der Waals surface area contributed by atoms with Crippen molar-refractivity contribution in [1.82, 2.24) is 9.78 Å². The van der Waals surface area contributed by atoms with Crippen molar-refractivity contribution in [2.45, 2.75) is 32.9 Å². The molecule has 1 aromatic carbocycles. The van der Waals surface area contributed by atoms with Crippen molar-refractivity contribution >= 4 is 6.29 Å². The molecule has 0 N–H and O–H groups in total. The monoisotopic (exact) mass is 276 g/mol. The second kappa shape index (κ2) is 6.32. The van der Waals surface area contributed by atoms with Gasteiger partial charge < -0.3 is 4.74 Å². The molecule has 2 aromatic rings. The number of carbonyl (C=O) groups excluding carboxylic acids is 1. The summed E-state index contributed by atoms with van der Waals surface area (Å²) < 4.78 is 20.4. The van der Waals surface area contributed by atoms with E-state index >= 15 is 0 Å². The first-order valence-corrected chi connectivity index (χ1v) is 6.55. The van der Waals surface area contributed by atoms with E-state index in [9.17, 15) is 9.18 Å². The minimum absolute atomic E-state index is 0.200. The molecule has 0 aliphatic rings. The molecule has 0 aliphatic heterocycles. The third-order valence-corrected chi connectivity index (χ3v) is 3.18. The summed E-state index contributed by atoms with van der Waals surface area (Å²) in [6.07, 6.45) is 3.48. The van der Waals surface area contributed by atoms with Gasteiger partial charge in [-0.15, -0.1) is 0 Å². The van der Waals surface area contributed by atoms with Crippen molar-refractivity contribution in [2.24, 2.45) is 0 Å². The Kier molecular flexibility index (Phi) is 4.50. The molecular formula is C15H17FN2O2. The number of aromatic nitrogens is 2. The van der Waals surface area contributed by atoms with E-state index in [1.54, 1.807) is 0 Å². The van der Waals surface area contributed by atoms with Crippen LogP contribution in [-0.4, -0.2) is 16.1 Å². The van der Waals surface area contributed by atoms with Gasteiger partial charge in [-0.3, -0.25) is 9.48 Å². The second-order valence-corrected chi connectivity index (χ2v) is 4.63. The smallest absolute Gasteiger partial charge is 0.153 e. The molecule has 2 rings (SSSR count). The van der Waals surface area contributed by atoms with Gasteiger partial charge in [-0.05, 0) is 37.6 Å². The van der Waals surface area contributed by atoms with E-state index in [0.29, 0.717) is 18.1 Å². The maximum Gasteiger partial charge on any atom is 0.153 e. The number of halogens is 1. The van der Waals surface area contributed by atoms with Crippen LogP contribution in [0.2, 0.25) is 0 Å². The van der Waals surface area contributed by atoms with Crippen molar-refractivity contribution in [1.29, 1.82) is 0 Å². The predicted octanol–water partition coefficient (Wildman–Crippen LogP) is 3.38. The Hall–Kier alpha value is -2.17. The lowest BCUT2D eigenvalue weighted by molar-refractivity contribution is 0.111. The van der Waals surface area contributed by atoms with Crippen molar-refractivity contribution < 1.29 is 13.9 Å². The molecule has 5 heteroatoms. The van der Waals surface area contributed by atoms with Crippen LogP contribution in [0, 0.1) is 5.82 Å². The van der Waals surface area contributed by atoms with Gasteiger partial charge in [0.1, 0.15) is 18.2 Å². The van der Waals surface area contributed by atoms with Crippen LogP contribution in [0.1, 0.15) is 42.4 Å². The first-order valence-electron chi connectivity index (χ1n) is 6.55. The van der Waals surface area contributed by atoms with Crippen molar-refractivity contribution in [3.63, 3.8) is 0 Å². The van der Waals surface area contributed by atoms with Crippen LogP contribution in [0.5, 0.6) is 5.75 Å². The minimum Gasteiger partial charge on any atom is -0.486 e. The average molecular weight is 276 g/mol. The van der Waals surface area contributed by atoms with Crippen LogP contribution >= 0.6 is 0 Å². The normalized spacial score (nSPS) is 12.2. The van der Waals surface area contributed by atoms with E-state index in [-0.39, 0.29) is 12.2 Å². The summed E-state index contributed by atoms with van der Waals surface area (Å²) in [7, 11) is 0. The highest BCUT2D eigenvalue weighted by molar-refractivity contribution is 5.79. The summed E-state index contributed by atoms with van der Waals surface area (Å²) in [5, 5.41) is 4.40. The number of rotatable bonds is 6. The quantitative estimate of drug-likeness (QED) is 0.760. The van der Waals surface area contributed by atoms with Gasteiger partial charge in [0.15, 0.2) is 6.29 Å². The zero-order valence-corrected chi connectivity index (χ0v) is 11.5. The lowest BCUT2D eigenvalue weighted by atomic mass is 10.2. The Morgan fingerprint density at radius 1 is 1.45 bits per heavy atom. The number of nitrogens with zero attached hydrogens (tertiary/aromatic N) is 2. The highest BCUT2D eigenvalue weighted by Crippen LogP contribution is 2.19. The summed E-state index contributed by atoms with van der Waals surface area (Å²) in [4.78, 5) is 10.9. The minimum atomic E-state index is -0.458. The molecule has 0 radical (unpaired) electrons. The molecule has 1 atom stereocenters. The third-order valence-electron chi connectivity index (χ3n) is 3.18. The van der Waals surface area contributed by atoms with Crippen LogP contribution in [0.3, 0.4) is 0 Å².